The maximum Gasteiger partial charge on any atom is 0.106 e. The SMILES string of the molecule is COC(C)C(O)C(C)OC. The van der Waals surface area contributed by atoms with E-state index in [0.29, 0.717) is 0 Å². The molecule has 0 amide bonds. The van der Waals surface area contributed by atoms with Crippen molar-refractivity contribution in [1.29, 1.82) is 0 Å². The second-order valence-corrected chi connectivity index (χ2v) is 2.37. The summed E-state index contributed by atoms with van der Waals surface area (Å²) in [5, 5.41) is 9.34. The van der Waals surface area contributed by atoms with Crippen LogP contribution in [0.25, 0.3) is 0 Å². The summed E-state index contributed by atoms with van der Waals surface area (Å²) >= 11 is 0. The molecule has 0 aliphatic heterocycles. The molecule has 0 heterocycles. The lowest BCUT2D eigenvalue weighted by atomic mass is 10.1. The van der Waals surface area contributed by atoms with Gasteiger partial charge in [-0.05, 0) is 13.8 Å². The highest BCUT2D eigenvalue weighted by molar-refractivity contribution is 4.69. The van der Waals surface area contributed by atoms with Crippen LogP contribution in [-0.2, 0) is 9.47 Å². The van der Waals surface area contributed by atoms with Crippen LogP contribution < -0.4 is 0 Å². The maximum absolute atomic E-state index is 9.34. The lowest BCUT2D eigenvalue weighted by Gasteiger charge is -2.22. The molecule has 0 radical (unpaired) electrons. The van der Waals surface area contributed by atoms with Gasteiger partial charge in [0.2, 0.25) is 0 Å². The second-order valence-electron chi connectivity index (χ2n) is 2.37. The minimum atomic E-state index is -0.546. The van der Waals surface area contributed by atoms with Gasteiger partial charge in [0.25, 0.3) is 0 Å². The molecule has 0 rings (SSSR count). The zero-order chi connectivity index (χ0) is 8.15. The number of methoxy groups -OCH3 is 2. The van der Waals surface area contributed by atoms with Gasteiger partial charge in [-0.2, -0.15) is 0 Å². The Labute approximate surface area is 62.0 Å². The first-order valence-electron chi connectivity index (χ1n) is 3.37. The van der Waals surface area contributed by atoms with E-state index in [2.05, 4.69) is 0 Å². The molecule has 0 aromatic carbocycles. The van der Waals surface area contributed by atoms with E-state index in [1.165, 1.54) is 0 Å². The molecule has 0 saturated heterocycles. The van der Waals surface area contributed by atoms with Crippen molar-refractivity contribution in [2.75, 3.05) is 14.2 Å². The Morgan fingerprint density at radius 3 is 1.50 bits per heavy atom. The number of aliphatic hydroxyl groups excluding tert-OH is 1. The zero-order valence-corrected chi connectivity index (χ0v) is 7.00. The van der Waals surface area contributed by atoms with Gasteiger partial charge in [0.15, 0.2) is 0 Å². The van der Waals surface area contributed by atoms with E-state index >= 15 is 0 Å². The van der Waals surface area contributed by atoms with Crippen LogP contribution in [0.1, 0.15) is 13.8 Å². The van der Waals surface area contributed by atoms with Crippen molar-refractivity contribution in [3.8, 4) is 0 Å². The fraction of sp³-hybridized carbons (Fsp3) is 1.00. The highest BCUT2D eigenvalue weighted by Crippen LogP contribution is 2.04. The van der Waals surface area contributed by atoms with Gasteiger partial charge in [0.1, 0.15) is 6.10 Å². The lowest BCUT2D eigenvalue weighted by Crippen LogP contribution is -2.35. The average molecular weight is 148 g/mol. The van der Waals surface area contributed by atoms with Crippen molar-refractivity contribution in [2.45, 2.75) is 32.2 Å². The van der Waals surface area contributed by atoms with Crippen LogP contribution in [0.3, 0.4) is 0 Å². The molecule has 0 saturated carbocycles. The maximum atomic E-state index is 9.34. The van der Waals surface area contributed by atoms with Gasteiger partial charge in [-0.3, -0.25) is 0 Å². The minimum absolute atomic E-state index is 0.171. The van der Waals surface area contributed by atoms with Crippen molar-refractivity contribution in [3.63, 3.8) is 0 Å². The molecule has 0 aromatic rings. The van der Waals surface area contributed by atoms with Crippen LogP contribution in [-0.4, -0.2) is 37.6 Å². The first-order chi connectivity index (χ1) is 4.63. The summed E-state index contributed by atoms with van der Waals surface area (Å²) < 4.78 is 9.81. The van der Waals surface area contributed by atoms with E-state index in [1.807, 2.05) is 0 Å². The topological polar surface area (TPSA) is 38.7 Å². The summed E-state index contributed by atoms with van der Waals surface area (Å²) in [6.07, 6.45) is -0.889. The van der Waals surface area contributed by atoms with Crippen LogP contribution >= 0.6 is 0 Å². The standard InChI is InChI=1S/C7H16O3/c1-5(9-3)7(8)6(2)10-4/h5-8H,1-4H3. The van der Waals surface area contributed by atoms with Gasteiger partial charge in [0.05, 0.1) is 12.2 Å². The number of aliphatic hydroxyl groups is 1. The third kappa shape index (κ3) is 2.64. The van der Waals surface area contributed by atoms with Crippen LogP contribution in [0, 0.1) is 0 Å². The predicted molar refractivity (Wildman–Crippen MR) is 38.9 cm³/mol. The van der Waals surface area contributed by atoms with Crippen LogP contribution in [0.15, 0.2) is 0 Å². The minimum Gasteiger partial charge on any atom is -0.388 e. The molecule has 1 N–H and O–H groups in total. The monoisotopic (exact) mass is 148 g/mol. The molecule has 0 fully saturated rings. The van der Waals surface area contributed by atoms with E-state index in [0.717, 1.165) is 0 Å². The van der Waals surface area contributed by atoms with Crippen molar-refractivity contribution in [1.82, 2.24) is 0 Å². The Kier molecular flexibility index (Phi) is 4.60. The Morgan fingerprint density at radius 1 is 1.00 bits per heavy atom. The van der Waals surface area contributed by atoms with Gasteiger partial charge in [-0.15, -0.1) is 0 Å². The summed E-state index contributed by atoms with van der Waals surface area (Å²) in [7, 11) is 3.13. The predicted octanol–water partition coefficient (Wildman–Crippen LogP) is 0.417. The van der Waals surface area contributed by atoms with Gasteiger partial charge in [-0.25, -0.2) is 0 Å². The molecular formula is C7H16O3. The third-order valence-electron chi connectivity index (χ3n) is 1.71. The van der Waals surface area contributed by atoms with E-state index in [9.17, 15) is 5.11 Å². The molecule has 0 spiro atoms. The summed E-state index contributed by atoms with van der Waals surface area (Å²) in [6, 6.07) is 0. The molecule has 10 heavy (non-hydrogen) atoms. The Morgan fingerprint density at radius 2 is 1.30 bits per heavy atom. The fourth-order valence-corrected chi connectivity index (χ4v) is 0.661. The molecule has 0 aliphatic rings. The molecule has 2 unspecified atom stereocenters. The van der Waals surface area contributed by atoms with Crippen LogP contribution in [0.4, 0.5) is 0 Å². The van der Waals surface area contributed by atoms with Crippen molar-refractivity contribution in [3.05, 3.63) is 0 Å². The van der Waals surface area contributed by atoms with E-state index in [1.54, 1.807) is 28.1 Å². The Bertz CT molecular complexity index is 74.9. The van der Waals surface area contributed by atoms with Crippen LogP contribution in [0.2, 0.25) is 0 Å². The Balaban J connectivity index is 3.69. The number of hydrogen-bond donors (Lipinski definition) is 1. The number of hydrogen-bond acceptors (Lipinski definition) is 3. The van der Waals surface area contributed by atoms with Crippen molar-refractivity contribution >= 4 is 0 Å². The summed E-state index contributed by atoms with van der Waals surface area (Å²) in [6.45, 7) is 3.61. The lowest BCUT2D eigenvalue weighted by molar-refractivity contribution is -0.0748. The first-order valence-corrected chi connectivity index (χ1v) is 3.37. The van der Waals surface area contributed by atoms with E-state index in [-0.39, 0.29) is 12.2 Å². The summed E-state index contributed by atoms with van der Waals surface area (Å²) in [4.78, 5) is 0. The second kappa shape index (κ2) is 4.66. The first kappa shape index (κ1) is 9.88. The summed E-state index contributed by atoms with van der Waals surface area (Å²) in [5.41, 5.74) is 0. The average Bonchev–Trinajstić information content (AvgIpc) is 2.00. The number of rotatable bonds is 4. The van der Waals surface area contributed by atoms with E-state index < -0.39 is 6.10 Å². The van der Waals surface area contributed by atoms with Crippen molar-refractivity contribution in [2.24, 2.45) is 0 Å². The Hall–Kier alpha value is -0.120. The largest absolute Gasteiger partial charge is 0.388 e. The van der Waals surface area contributed by atoms with Gasteiger partial charge >= 0.3 is 0 Å². The molecule has 0 aromatic heterocycles. The smallest absolute Gasteiger partial charge is 0.106 e. The molecule has 62 valence electrons. The molecule has 0 bridgehead atoms. The van der Waals surface area contributed by atoms with Gasteiger partial charge in [0, 0.05) is 14.2 Å². The molecule has 2 atom stereocenters. The van der Waals surface area contributed by atoms with Gasteiger partial charge < -0.3 is 14.6 Å². The number of ether oxygens (including phenoxy) is 2. The van der Waals surface area contributed by atoms with Gasteiger partial charge in [-0.1, -0.05) is 0 Å². The molecule has 3 heteroatoms. The molecule has 0 aliphatic carbocycles. The highest BCUT2D eigenvalue weighted by atomic mass is 16.5. The van der Waals surface area contributed by atoms with Crippen LogP contribution in [0.5, 0.6) is 0 Å². The normalized spacial score (nSPS) is 20.1. The quantitative estimate of drug-likeness (QED) is 0.628. The van der Waals surface area contributed by atoms with E-state index in [4.69, 9.17) is 9.47 Å². The molecular weight excluding hydrogens is 132 g/mol. The van der Waals surface area contributed by atoms with Crippen molar-refractivity contribution < 1.29 is 14.6 Å². The fourth-order valence-electron chi connectivity index (χ4n) is 0.661. The highest BCUT2D eigenvalue weighted by Gasteiger charge is 2.19. The zero-order valence-electron chi connectivity index (χ0n) is 7.00. The summed E-state index contributed by atoms with van der Waals surface area (Å²) in [5.74, 6) is 0. The third-order valence-corrected chi connectivity index (χ3v) is 1.71. The molecule has 3 nitrogen and oxygen atoms in total.